The number of carbonyl (C=O) groups is 1. The van der Waals surface area contributed by atoms with Crippen LogP contribution in [0.3, 0.4) is 0 Å². The summed E-state index contributed by atoms with van der Waals surface area (Å²) in [6.07, 6.45) is 5.76. The summed E-state index contributed by atoms with van der Waals surface area (Å²) in [6, 6.07) is 0. The second-order valence-electron chi connectivity index (χ2n) is 3.62. The molecular weight excluding hydrogens is 204 g/mol. The van der Waals surface area contributed by atoms with Crippen molar-refractivity contribution >= 4 is 11.7 Å². The van der Waals surface area contributed by atoms with E-state index in [1.54, 1.807) is 18.6 Å². The number of hydrogen-bond acceptors (Lipinski definition) is 4. The molecule has 1 atom stereocenters. The molecule has 0 radical (unpaired) electrons. The zero-order chi connectivity index (χ0) is 11.8. The molecule has 2 N–H and O–H groups in total. The lowest BCUT2D eigenvalue weighted by Crippen LogP contribution is -2.32. The maximum absolute atomic E-state index is 11.4. The lowest BCUT2D eigenvalue weighted by atomic mass is 10.1. The molecule has 1 aromatic rings. The van der Waals surface area contributed by atoms with Crippen LogP contribution in [0.4, 0.5) is 5.82 Å². The quantitative estimate of drug-likeness (QED) is 0.706. The summed E-state index contributed by atoms with van der Waals surface area (Å²) in [5.41, 5.74) is 0. The second kappa shape index (κ2) is 6.76. The molecule has 5 nitrogen and oxygen atoms in total. The van der Waals surface area contributed by atoms with E-state index in [1.165, 1.54) is 0 Å². The standard InChI is InChI=1S/C11H18N4O/c1-3-9(2)11(16)15-7-6-14-10-8-12-4-5-13-10/h4-5,8-9H,3,6-7H2,1-2H3,(H,13,14)(H,15,16)/t9-/m1/s1. The van der Waals surface area contributed by atoms with Gasteiger partial charge in [-0.15, -0.1) is 0 Å². The molecule has 0 fully saturated rings. The first-order valence-corrected chi connectivity index (χ1v) is 5.51. The van der Waals surface area contributed by atoms with E-state index < -0.39 is 0 Å². The summed E-state index contributed by atoms with van der Waals surface area (Å²) in [7, 11) is 0. The van der Waals surface area contributed by atoms with Gasteiger partial charge in [0.05, 0.1) is 6.20 Å². The van der Waals surface area contributed by atoms with Crippen molar-refractivity contribution in [2.45, 2.75) is 20.3 Å². The molecule has 0 spiro atoms. The van der Waals surface area contributed by atoms with Crippen molar-refractivity contribution < 1.29 is 4.79 Å². The second-order valence-corrected chi connectivity index (χ2v) is 3.62. The molecule has 16 heavy (non-hydrogen) atoms. The molecule has 5 heteroatoms. The van der Waals surface area contributed by atoms with E-state index in [9.17, 15) is 4.79 Å². The van der Waals surface area contributed by atoms with Crippen LogP contribution in [0.2, 0.25) is 0 Å². The zero-order valence-electron chi connectivity index (χ0n) is 9.73. The van der Waals surface area contributed by atoms with Crippen LogP contribution >= 0.6 is 0 Å². The molecule has 1 amide bonds. The molecule has 0 saturated carbocycles. The maximum atomic E-state index is 11.4. The monoisotopic (exact) mass is 222 g/mol. The molecule has 0 aromatic carbocycles. The Morgan fingerprint density at radius 2 is 2.25 bits per heavy atom. The summed E-state index contributed by atoms with van der Waals surface area (Å²) >= 11 is 0. The molecule has 0 bridgehead atoms. The smallest absolute Gasteiger partial charge is 0.222 e. The average molecular weight is 222 g/mol. The Morgan fingerprint density at radius 3 is 2.88 bits per heavy atom. The highest BCUT2D eigenvalue weighted by molar-refractivity contribution is 5.78. The minimum absolute atomic E-state index is 0.0801. The molecule has 0 aliphatic carbocycles. The molecular formula is C11H18N4O. The molecule has 1 heterocycles. The largest absolute Gasteiger partial charge is 0.367 e. The van der Waals surface area contributed by atoms with Gasteiger partial charge in [-0.3, -0.25) is 9.78 Å². The van der Waals surface area contributed by atoms with E-state index >= 15 is 0 Å². The van der Waals surface area contributed by atoms with Gasteiger partial charge in [-0.25, -0.2) is 4.98 Å². The van der Waals surface area contributed by atoms with Gasteiger partial charge in [0.2, 0.25) is 5.91 Å². The number of amides is 1. The molecule has 1 aromatic heterocycles. The van der Waals surface area contributed by atoms with E-state index in [1.807, 2.05) is 13.8 Å². The molecule has 0 unspecified atom stereocenters. The van der Waals surface area contributed by atoms with Crippen LogP contribution in [-0.2, 0) is 4.79 Å². The Balaban J connectivity index is 2.15. The fraction of sp³-hybridized carbons (Fsp3) is 0.545. The highest BCUT2D eigenvalue weighted by Crippen LogP contribution is 1.99. The van der Waals surface area contributed by atoms with Gasteiger partial charge in [-0.2, -0.15) is 0 Å². The number of carbonyl (C=O) groups excluding carboxylic acids is 1. The van der Waals surface area contributed by atoms with Gasteiger partial charge in [0.1, 0.15) is 5.82 Å². The number of aromatic nitrogens is 2. The van der Waals surface area contributed by atoms with E-state index in [2.05, 4.69) is 20.6 Å². The van der Waals surface area contributed by atoms with Crippen LogP contribution < -0.4 is 10.6 Å². The number of anilines is 1. The van der Waals surface area contributed by atoms with Crippen LogP contribution in [0.15, 0.2) is 18.6 Å². The Kier molecular flexibility index (Phi) is 5.25. The number of nitrogens with one attached hydrogen (secondary N) is 2. The third-order valence-electron chi connectivity index (χ3n) is 2.35. The minimum Gasteiger partial charge on any atom is -0.367 e. The summed E-state index contributed by atoms with van der Waals surface area (Å²) in [5.74, 6) is 0.903. The van der Waals surface area contributed by atoms with Crippen molar-refractivity contribution in [3.63, 3.8) is 0 Å². The zero-order valence-corrected chi connectivity index (χ0v) is 9.73. The molecule has 0 aliphatic heterocycles. The van der Waals surface area contributed by atoms with Crippen molar-refractivity contribution in [2.75, 3.05) is 18.4 Å². The number of nitrogens with zero attached hydrogens (tertiary/aromatic N) is 2. The van der Waals surface area contributed by atoms with Crippen LogP contribution in [0.1, 0.15) is 20.3 Å². The van der Waals surface area contributed by atoms with Gasteiger partial charge in [-0.1, -0.05) is 13.8 Å². The first-order chi connectivity index (χ1) is 7.74. The van der Waals surface area contributed by atoms with E-state index in [-0.39, 0.29) is 11.8 Å². The Hall–Kier alpha value is -1.65. The van der Waals surface area contributed by atoms with E-state index in [0.717, 1.165) is 12.2 Å². The van der Waals surface area contributed by atoms with Crippen molar-refractivity contribution in [3.8, 4) is 0 Å². The maximum Gasteiger partial charge on any atom is 0.222 e. The predicted molar refractivity (Wildman–Crippen MR) is 63.0 cm³/mol. The van der Waals surface area contributed by atoms with Gasteiger partial charge in [0, 0.05) is 31.4 Å². The van der Waals surface area contributed by atoms with Crippen LogP contribution in [-0.4, -0.2) is 29.0 Å². The lowest BCUT2D eigenvalue weighted by molar-refractivity contribution is -0.124. The third kappa shape index (κ3) is 4.25. The Morgan fingerprint density at radius 1 is 1.44 bits per heavy atom. The summed E-state index contributed by atoms with van der Waals surface area (Å²) in [5, 5.41) is 5.92. The topological polar surface area (TPSA) is 66.9 Å². The molecule has 1 rings (SSSR count). The summed E-state index contributed by atoms with van der Waals surface area (Å²) in [6.45, 7) is 5.17. The van der Waals surface area contributed by atoms with Gasteiger partial charge >= 0.3 is 0 Å². The van der Waals surface area contributed by atoms with E-state index in [4.69, 9.17) is 0 Å². The highest BCUT2D eigenvalue weighted by atomic mass is 16.1. The first-order valence-electron chi connectivity index (χ1n) is 5.51. The normalized spacial score (nSPS) is 11.9. The van der Waals surface area contributed by atoms with Crippen molar-refractivity contribution in [3.05, 3.63) is 18.6 Å². The van der Waals surface area contributed by atoms with Gasteiger partial charge in [0.15, 0.2) is 0 Å². The third-order valence-corrected chi connectivity index (χ3v) is 2.35. The van der Waals surface area contributed by atoms with Gasteiger partial charge < -0.3 is 10.6 Å². The Labute approximate surface area is 95.7 Å². The van der Waals surface area contributed by atoms with Crippen LogP contribution in [0.5, 0.6) is 0 Å². The molecule has 88 valence electrons. The Bertz CT molecular complexity index is 315. The first kappa shape index (κ1) is 12.4. The minimum atomic E-state index is 0.0801. The lowest BCUT2D eigenvalue weighted by Gasteiger charge is -2.10. The molecule has 0 saturated heterocycles. The fourth-order valence-corrected chi connectivity index (χ4v) is 1.13. The van der Waals surface area contributed by atoms with Crippen LogP contribution in [0, 0.1) is 5.92 Å². The average Bonchev–Trinajstić information content (AvgIpc) is 2.34. The van der Waals surface area contributed by atoms with Gasteiger partial charge in [0.25, 0.3) is 0 Å². The van der Waals surface area contributed by atoms with Crippen molar-refractivity contribution in [2.24, 2.45) is 5.92 Å². The van der Waals surface area contributed by atoms with Crippen molar-refractivity contribution in [1.29, 1.82) is 0 Å². The number of hydrogen-bond donors (Lipinski definition) is 2. The van der Waals surface area contributed by atoms with E-state index in [0.29, 0.717) is 13.1 Å². The molecule has 0 aliphatic rings. The van der Waals surface area contributed by atoms with Crippen LogP contribution in [0.25, 0.3) is 0 Å². The summed E-state index contributed by atoms with van der Waals surface area (Å²) < 4.78 is 0. The highest BCUT2D eigenvalue weighted by Gasteiger charge is 2.08. The predicted octanol–water partition coefficient (Wildman–Crippen LogP) is 1.05. The fourth-order valence-electron chi connectivity index (χ4n) is 1.13. The van der Waals surface area contributed by atoms with Gasteiger partial charge in [-0.05, 0) is 6.42 Å². The SMILES string of the molecule is CC[C@@H](C)C(=O)NCCNc1cnccn1. The summed E-state index contributed by atoms with van der Waals surface area (Å²) in [4.78, 5) is 19.4. The van der Waals surface area contributed by atoms with Crippen molar-refractivity contribution in [1.82, 2.24) is 15.3 Å². The number of rotatable bonds is 6.